The van der Waals surface area contributed by atoms with Gasteiger partial charge < -0.3 is 10.1 Å². The van der Waals surface area contributed by atoms with Crippen molar-refractivity contribution in [3.8, 4) is 0 Å². The summed E-state index contributed by atoms with van der Waals surface area (Å²) in [6, 6.07) is 4.95. The molecule has 0 bridgehead atoms. The Morgan fingerprint density at radius 2 is 2.00 bits per heavy atom. The molecule has 0 fully saturated rings. The van der Waals surface area contributed by atoms with E-state index in [0.717, 1.165) is 0 Å². The largest absolute Gasteiger partial charge is 0.465 e. The lowest BCUT2D eigenvalue weighted by Crippen LogP contribution is -2.15. The van der Waals surface area contributed by atoms with Crippen LogP contribution in [0.4, 0.5) is 0 Å². The van der Waals surface area contributed by atoms with Crippen LogP contribution in [-0.4, -0.2) is 19.0 Å². The van der Waals surface area contributed by atoms with Crippen molar-refractivity contribution >= 4 is 41.2 Å². The van der Waals surface area contributed by atoms with Crippen molar-refractivity contribution in [3.05, 3.63) is 50.7 Å². The van der Waals surface area contributed by atoms with Crippen LogP contribution in [0.25, 0.3) is 6.08 Å². The summed E-state index contributed by atoms with van der Waals surface area (Å²) in [6.45, 7) is 1.64. The van der Waals surface area contributed by atoms with Crippen LogP contribution >= 0.6 is 23.2 Å². The fourth-order valence-electron chi connectivity index (χ4n) is 1.89. The third-order valence-electron chi connectivity index (χ3n) is 2.83. The predicted molar refractivity (Wildman–Crippen MR) is 77.3 cm³/mol. The molecule has 1 aromatic rings. The number of allylic oxidation sites excluding steroid dienone is 1. The van der Waals surface area contributed by atoms with E-state index in [9.17, 15) is 9.59 Å². The van der Waals surface area contributed by atoms with E-state index >= 15 is 0 Å². The second kappa shape index (κ2) is 5.69. The van der Waals surface area contributed by atoms with E-state index in [0.29, 0.717) is 21.3 Å². The van der Waals surface area contributed by atoms with Crippen LogP contribution < -0.4 is 5.32 Å². The van der Waals surface area contributed by atoms with Gasteiger partial charge in [0.15, 0.2) is 0 Å². The maximum Gasteiger partial charge on any atom is 0.340 e. The number of hydrogen-bond acceptors (Lipinski definition) is 3. The third-order valence-corrected chi connectivity index (χ3v) is 3.57. The normalized spacial score (nSPS) is 16.6. The van der Waals surface area contributed by atoms with Crippen molar-refractivity contribution in [1.29, 1.82) is 0 Å². The summed E-state index contributed by atoms with van der Waals surface area (Å²) < 4.78 is 4.69. The van der Waals surface area contributed by atoms with Gasteiger partial charge in [0.25, 0.3) is 5.91 Å². The van der Waals surface area contributed by atoms with Crippen molar-refractivity contribution in [1.82, 2.24) is 5.32 Å². The Kier molecular flexibility index (Phi) is 4.16. The smallest absolute Gasteiger partial charge is 0.340 e. The van der Waals surface area contributed by atoms with Crippen LogP contribution in [0, 0.1) is 0 Å². The molecule has 20 heavy (non-hydrogen) atoms. The molecule has 104 valence electrons. The summed E-state index contributed by atoms with van der Waals surface area (Å²) in [5.41, 5.74) is 1.60. The first-order valence-electron chi connectivity index (χ1n) is 5.71. The molecule has 6 heteroatoms. The van der Waals surface area contributed by atoms with Crippen molar-refractivity contribution in [3.63, 3.8) is 0 Å². The quantitative estimate of drug-likeness (QED) is 0.675. The van der Waals surface area contributed by atoms with Crippen molar-refractivity contribution in [2.24, 2.45) is 0 Å². The molecule has 0 unspecified atom stereocenters. The van der Waals surface area contributed by atoms with Gasteiger partial charge in [-0.25, -0.2) is 4.79 Å². The molecule has 0 aliphatic carbocycles. The summed E-state index contributed by atoms with van der Waals surface area (Å²) in [7, 11) is 1.27. The minimum absolute atomic E-state index is 0.226. The lowest BCUT2D eigenvalue weighted by molar-refractivity contribution is -0.136. The summed E-state index contributed by atoms with van der Waals surface area (Å²) in [6.07, 6.45) is 1.57. The number of amides is 1. The average molecular weight is 312 g/mol. The van der Waals surface area contributed by atoms with E-state index in [1.54, 1.807) is 31.2 Å². The Balaban J connectivity index is 2.48. The summed E-state index contributed by atoms with van der Waals surface area (Å²) in [4.78, 5) is 23.6. The molecule has 1 aliphatic rings. The van der Waals surface area contributed by atoms with E-state index < -0.39 is 5.97 Å². The Hall–Kier alpha value is -1.78. The minimum Gasteiger partial charge on any atom is -0.465 e. The van der Waals surface area contributed by atoms with E-state index in [2.05, 4.69) is 10.1 Å². The standard InChI is InChI=1S/C14H11Cl2NO3/c1-7-12(14(19)20-2)9(13(18)17-7)5-8-3-4-10(15)11(16)6-8/h3-6H,1-2H3,(H,17,18)/b9-5+. The molecular weight excluding hydrogens is 301 g/mol. The highest BCUT2D eigenvalue weighted by Gasteiger charge is 2.30. The van der Waals surface area contributed by atoms with E-state index in [4.69, 9.17) is 23.2 Å². The highest BCUT2D eigenvalue weighted by atomic mass is 35.5. The number of benzene rings is 1. The highest BCUT2D eigenvalue weighted by Crippen LogP contribution is 2.27. The fourth-order valence-corrected chi connectivity index (χ4v) is 2.19. The van der Waals surface area contributed by atoms with Crippen molar-refractivity contribution in [2.75, 3.05) is 7.11 Å². The maximum absolute atomic E-state index is 11.9. The van der Waals surface area contributed by atoms with Crippen LogP contribution in [0.2, 0.25) is 10.0 Å². The SMILES string of the molecule is COC(=O)C1=C(C)NC(=O)/C1=C/c1ccc(Cl)c(Cl)c1. The van der Waals surface area contributed by atoms with Gasteiger partial charge in [0.2, 0.25) is 0 Å². The average Bonchev–Trinajstić information content (AvgIpc) is 2.68. The predicted octanol–water partition coefficient (Wildman–Crippen LogP) is 2.95. The van der Waals surface area contributed by atoms with Crippen LogP contribution in [-0.2, 0) is 14.3 Å². The lowest BCUT2D eigenvalue weighted by Gasteiger charge is -2.03. The van der Waals surface area contributed by atoms with Gasteiger partial charge in [-0.2, -0.15) is 0 Å². The van der Waals surface area contributed by atoms with Gasteiger partial charge in [0.1, 0.15) is 0 Å². The first kappa shape index (κ1) is 14.6. The van der Waals surface area contributed by atoms with Crippen LogP contribution in [0.5, 0.6) is 0 Å². The Morgan fingerprint density at radius 3 is 2.60 bits per heavy atom. The molecule has 0 atom stereocenters. The zero-order chi connectivity index (χ0) is 14.9. The third kappa shape index (κ3) is 2.71. The van der Waals surface area contributed by atoms with Gasteiger partial charge in [-0.1, -0.05) is 29.3 Å². The van der Waals surface area contributed by atoms with Gasteiger partial charge in [0, 0.05) is 5.70 Å². The molecule has 1 aromatic carbocycles. The first-order chi connectivity index (χ1) is 9.43. The number of carbonyl (C=O) groups is 2. The molecule has 0 aromatic heterocycles. The van der Waals surface area contributed by atoms with Crippen LogP contribution in [0.3, 0.4) is 0 Å². The topological polar surface area (TPSA) is 55.4 Å². The maximum atomic E-state index is 11.9. The van der Waals surface area contributed by atoms with Gasteiger partial charge >= 0.3 is 5.97 Å². The summed E-state index contributed by atoms with van der Waals surface area (Å²) in [5.74, 6) is -0.916. The van der Waals surface area contributed by atoms with Gasteiger partial charge in [0.05, 0.1) is 28.3 Å². The van der Waals surface area contributed by atoms with Gasteiger partial charge in [-0.05, 0) is 30.7 Å². The number of halogens is 2. The monoisotopic (exact) mass is 311 g/mol. The molecule has 1 amide bonds. The van der Waals surface area contributed by atoms with Crippen molar-refractivity contribution in [2.45, 2.75) is 6.92 Å². The Labute approximate surface area is 126 Å². The van der Waals surface area contributed by atoms with Gasteiger partial charge in [-0.15, -0.1) is 0 Å². The molecule has 0 spiro atoms. The highest BCUT2D eigenvalue weighted by molar-refractivity contribution is 6.42. The van der Waals surface area contributed by atoms with Crippen molar-refractivity contribution < 1.29 is 14.3 Å². The molecule has 2 rings (SSSR count). The second-order valence-corrected chi connectivity index (χ2v) is 4.99. The number of carbonyl (C=O) groups excluding carboxylic acids is 2. The molecular formula is C14H11Cl2NO3. The Bertz CT molecular complexity index is 662. The molecule has 1 aliphatic heterocycles. The van der Waals surface area contributed by atoms with E-state index in [1.165, 1.54) is 7.11 Å². The van der Waals surface area contributed by atoms with E-state index in [-0.39, 0.29) is 17.1 Å². The first-order valence-corrected chi connectivity index (χ1v) is 6.47. The molecule has 0 saturated heterocycles. The zero-order valence-electron chi connectivity index (χ0n) is 10.8. The molecule has 1 N–H and O–H groups in total. The number of nitrogens with one attached hydrogen (secondary N) is 1. The van der Waals surface area contributed by atoms with Crippen LogP contribution in [0.1, 0.15) is 12.5 Å². The fraction of sp³-hybridized carbons (Fsp3) is 0.143. The number of ether oxygens (including phenoxy) is 1. The molecule has 0 saturated carbocycles. The Morgan fingerprint density at radius 1 is 1.30 bits per heavy atom. The zero-order valence-corrected chi connectivity index (χ0v) is 12.3. The lowest BCUT2D eigenvalue weighted by atomic mass is 10.0. The summed E-state index contributed by atoms with van der Waals surface area (Å²) >= 11 is 11.8. The molecule has 0 radical (unpaired) electrons. The molecule has 1 heterocycles. The van der Waals surface area contributed by atoms with Gasteiger partial charge in [-0.3, -0.25) is 4.79 Å². The number of rotatable bonds is 2. The summed E-state index contributed by atoms with van der Waals surface area (Å²) in [5, 5.41) is 3.39. The number of methoxy groups -OCH3 is 1. The second-order valence-electron chi connectivity index (χ2n) is 4.18. The molecule has 4 nitrogen and oxygen atoms in total. The number of esters is 1. The van der Waals surface area contributed by atoms with E-state index in [1.807, 2.05) is 0 Å². The van der Waals surface area contributed by atoms with Crippen LogP contribution in [0.15, 0.2) is 35.0 Å². The number of hydrogen-bond donors (Lipinski definition) is 1. The minimum atomic E-state index is -0.563.